The quantitative estimate of drug-likeness (QED) is 0.0525. The molecule has 0 aliphatic carbocycles. The van der Waals surface area contributed by atoms with E-state index in [-0.39, 0.29) is 18.0 Å². The summed E-state index contributed by atoms with van der Waals surface area (Å²) in [5.41, 5.74) is 28.5. The summed E-state index contributed by atoms with van der Waals surface area (Å²) in [5.74, 6) is -0.506. The van der Waals surface area contributed by atoms with E-state index in [4.69, 9.17) is 41.9 Å². The molecule has 0 spiro atoms. The Balaban J connectivity index is 0.000000145. The summed E-state index contributed by atoms with van der Waals surface area (Å²) in [5, 5.41) is 79.1. The van der Waals surface area contributed by atoms with Gasteiger partial charge in [-0.1, -0.05) is 18.2 Å². The number of amides is 3. The second kappa shape index (κ2) is 26.3. The van der Waals surface area contributed by atoms with Gasteiger partial charge in [-0.3, -0.25) is 33.1 Å². The highest BCUT2D eigenvalue weighted by Gasteiger charge is 2.48. The molecule has 3 aliphatic heterocycles. The second-order valence-corrected chi connectivity index (χ2v) is 20.2. The number of aliphatic hydroxyl groups excluding tert-OH is 6. The Kier molecular flexibility index (Phi) is 18.3. The van der Waals surface area contributed by atoms with E-state index in [2.05, 4.69) is 55.8 Å². The standard InChI is InChI=1S/C20H24N6O5.C19H21N5O5.C16H17N7O4/c21-12-5-6-23-18-15(12)24-9-26(18)20-17(29)16(14(8-27)31-20)25-19(30)13(22)7-10-1-3-11(28)4-2-10;1-28-11-4-2-3-10(7-11)18(27)23-15-13(8-25)29-19(16(15)26)24-9-22-14-12(20)5-6-21-17(14)24;17-13-11-14(20-6-19-13)23(7-21-11)16-12(25)10(9(5-24)27-16)22-15(26)8-2-1-3-18-4-8/h1-6,9,13-14,16-17,20,27-29H,7-8,22H2,(H2,21,23)(H,25,30);2-7,9,13,15-16,19,25-26H,8H2,1H3,(H2,20,21)(H,23,27);1-4,6-7,9-10,12,16,24-25H,5H2,(H,22,26)(H2,17,19,20)/t13?,14-,16+,17?,20-;13-,15+,16?,19-;9-,10+,12?,16-/m111/s1. The number of nitrogens with one attached hydrogen (secondary N) is 3. The van der Waals surface area contributed by atoms with Gasteiger partial charge in [-0.05, 0) is 66.6 Å². The average Bonchev–Trinajstić information content (AvgIpc) is 2.33. The Morgan fingerprint density at radius 2 is 1.08 bits per heavy atom. The van der Waals surface area contributed by atoms with Gasteiger partial charge in [-0.25, -0.2) is 34.9 Å². The fourth-order valence-corrected chi connectivity index (χ4v) is 10.2. The van der Waals surface area contributed by atoms with Gasteiger partial charge in [0, 0.05) is 30.4 Å². The molecular weight excluding hydrogens is 1140 g/mol. The first-order valence-corrected chi connectivity index (χ1v) is 26.9. The topological polar surface area (TPSA) is 488 Å². The van der Waals surface area contributed by atoms with Gasteiger partial charge in [0.05, 0.1) is 87.0 Å². The van der Waals surface area contributed by atoms with Gasteiger partial charge in [0.2, 0.25) is 5.91 Å². The van der Waals surface area contributed by atoms with Crippen molar-refractivity contribution in [2.24, 2.45) is 5.73 Å². The van der Waals surface area contributed by atoms with Crippen LogP contribution in [0.2, 0.25) is 0 Å². The number of nitrogens with two attached hydrogens (primary N) is 4. The van der Waals surface area contributed by atoms with Crippen LogP contribution in [0.25, 0.3) is 33.5 Å². The number of imidazole rings is 3. The lowest BCUT2D eigenvalue weighted by Gasteiger charge is -2.23. The molecule has 0 radical (unpaired) electrons. The third-order valence-electron chi connectivity index (χ3n) is 14.7. The number of aromatic hydroxyl groups is 1. The number of rotatable bonds is 15. The fraction of sp³-hybridized carbons (Fsp3) is 0.327. The van der Waals surface area contributed by atoms with Crippen LogP contribution >= 0.6 is 0 Å². The lowest BCUT2D eigenvalue weighted by atomic mass is 10.0. The van der Waals surface area contributed by atoms with Crippen molar-refractivity contribution in [2.75, 3.05) is 44.1 Å². The first-order valence-electron chi connectivity index (χ1n) is 26.9. The molecule has 3 amide bonds. The molecular formula is C55H62N18O14. The molecule has 456 valence electrons. The summed E-state index contributed by atoms with van der Waals surface area (Å²) in [6, 6.07) is 16.0. The Bertz CT molecular complexity index is 3860. The predicted octanol–water partition coefficient (Wildman–Crippen LogP) is -2.05. The van der Waals surface area contributed by atoms with Crippen LogP contribution in [0.15, 0.2) is 123 Å². The number of hydrogen-bond donors (Lipinski definition) is 14. The Hall–Kier alpha value is -9.61. The number of phenols is 1. The maximum atomic E-state index is 12.7. The van der Waals surface area contributed by atoms with Crippen LogP contribution < -0.4 is 43.6 Å². The molecule has 2 aromatic carbocycles. The number of nitrogen functional groups attached to an aromatic ring is 3. The van der Waals surface area contributed by atoms with Crippen molar-refractivity contribution in [3.63, 3.8) is 0 Å². The first kappa shape index (κ1) is 60.5. The fourth-order valence-electron chi connectivity index (χ4n) is 10.2. The largest absolute Gasteiger partial charge is 0.508 e. The zero-order valence-corrected chi connectivity index (χ0v) is 46.1. The molecule has 10 heterocycles. The SMILES string of the molecule is COc1cccc(C(=O)N[C@@H]2C(O)[C@H](n3cnc4c(N)ccnc43)O[C@@H]2CO)c1.Nc1ccnc2c1ncn2[C@@H]1O[C@H](CO)[C@H](NC(=O)C(N)Cc2ccc(O)cc2)C1O.Nc1ncnc2c1ncn2[C@@H]1O[C@H](CO)[C@H](NC(=O)c2cccnc2)C1O. The Labute approximate surface area is 492 Å². The molecule has 0 bridgehead atoms. The van der Waals surface area contributed by atoms with E-state index in [0.717, 1.165) is 5.56 Å². The second-order valence-electron chi connectivity index (χ2n) is 20.2. The zero-order valence-electron chi connectivity index (χ0n) is 46.1. The van der Waals surface area contributed by atoms with Crippen molar-refractivity contribution in [3.8, 4) is 11.5 Å². The van der Waals surface area contributed by atoms with Crippen LogP contribution in [0, 0.1) is 0 Å². The molecule has 3 fully saturated rings. The van der Waals surface area contributed by atoms with Crippen molar-refractivity contribution in [1.82, 2.24) is 69.5 Å². The predicted molar refractivity (Wildman–Crippen MR) is 306 cm³/mol. The van der Waals surface area contributed by atoms with Crippen LogP contribution in [-0.2, 0) is 25.4 Å². The number of anilines is 3. The molecule has 87 heavy (non-hydrogen) atoms. The number of carbonyl (C=O) groups excluding carboxylic acids is 3. The normalized spacial score (nSPS) is 24.4. The number of fused-ring (bicyclic) bond motifs is 3. The number of hydrogen-bond acceptors (Lipinski definition) is 26. The molecule has 4 unspecified atom stereocenters. The van der Waals surface area contributed by atoms with Crippen molar-refractivity contribution < 1.29 is 69.1 Å². The highest BCUT2D eigenvalue weighted by Crippen LogP contribution is 2.35. The monoisotopic (exact) mass is 1200 g/mol. The van der Waals surface area contributed by atoms with E-state index in [9.17, 15) is 50.1 Å². The highest BCUT2D eigenvalue weighted by molar-refractivity contribution is 5.95. The van der Waals surface area contributed by atoms with E-state index in [0.29, 0.717) is 61.7 Å². The molecule has 32 heteroatoms. The van der Waals surface area contributed by atoms with Crippen LogP contribution in [0.1, 0.15) is 45.0 Å². The first-order chi connectivity index (χ1) is 42.0. The molecule has 0 saturated carbocycles. The molecule has 7 aromatic heterocycles. The molecule has 3 saturated heterocycles. The summed E-state index contributed by atoms with van der Waals surface area (Å²) >= 11 is 0. The van der Waals surface area contributed by atoms with Crippen molar-refractivity contribution >= 4 is 68.4 Å². The number of benzene rings is 2. The van der Waals surface area contributed by atoms with Gasteiger partial charge in [-0.2, -0.15) is 0 Å². The van der Waals surface area contributed by atoms with Crippen molar-refractivity contribution in [1.29, 1.82) is 0 Å². The van der Waals surface area contributed by atoms with Gasteiger partial charge in [0.15, 0.2) is 41.4 Å². The zero-order chi connectivity index (χ0) is 61.6. The van der Waals surface area contributed by atoms with Crippen LogP contribution in [-0.4, -0.2) is 195 Å². The number of aromatic nitrogens is 11. The minimum atomic E-state index is -1.19. The summed E-state index contributed by atoms with van der Waals surface area (Å²) in [6.07, 6.45) is 3.10. The Morgan fingerprint density at radius 1 is 0.598 bits per heavy atom. The molecule has 9 aromatic rings. The van der Waals surface area contributed by atoms with Crippen LogP contribution in [0.3, 0.4) is 0 Å². The highest BCUT2D eigenvalue weighted by atomic mass is 16.6. The van der Waals surface area contributed by atoms with Gasteiger partial charge >= 0.3 is 0 Å². The van der Waals surface area contributed by atoms with Crippen molar-refractivity contribution in [2.45, 2.75) is 85.9 Å². The Morgan fingerprint density at radius 3 is 1.57 bits per heavy atom. The maximum absolute atomic E-state index is 12.7. The van der Waals surface area contributed by atoms with Crippen LogP contribution in [0.4, 0.5) is 17.2 Å². The van der Waals surface area contributed by atoms with Gasteiger partial charge < -0.3 is 93.6 Å². The van der Waals surface area contributed by atoms with Crippen LogP contribution in [0.5, 0.6) is 11.5 Å². The maximum Gasteiger partial charge on any atom is 0.253 e. The van der Waals surface area contributed by atoms with E-state index >= 15 is 0 Å². The minimum Gasteiger partial charge on any atom is -0.508 e. The summed E-state index contributed by atoms with van der Waals surface area (Å²) in [7, 11) is 1.51. The van der Waals surface area contributed by atoms with E-state index in [1.807, 2.05) is 0 Å². The van der Waals surface area contributed by atoms with Gasteiger partial charge in [0.1, 0.15) is 71.0 Å². The number of pyridine rings is 3. The van der Waals surface area contributed by atoms with E-state index in [1.165, 1.54) is 76.8 Å². The van der Waals surface area contributed by atoms with Gasteiger partial charge in [-0.15, -0.1) is 0 Å². The number of methoxy groups -OCH3 is 1. The molecule has 18 N–H and O–H groups in total. The number of phenolic OH excluding ortho intramolecular Hbond substituents is 1. The number of ether oxygens (including phenoxy) is 4. The minimum absolute atomic E-state index is 0.119. The molecule has 32 nitrogen and oxygen atoms in total. The third-order valence-corrected chi connectivity index (χ3v) is 14.7. The number of nitrogens with zero attached hydrogens (tertiary/aromatic N) is 11. The summed E-state index contributed by atoms with van der Waals surface area (Å²) < 4.78 is 27.1. The molecule has 12 rings (SSSR count). The average molecular weight is 1200 g/mol. The lowest BCUT2D eigenvalue weighted by Crippen LogP contribution is -2.53. The smallest absolute Gasteiger partial charge is 0.253 e. The van der Waals surface area contributed by atoms with Crippen molar-refractivity contribution in [3.05, 3.63) is 140 Å². The molecule has 13 atom stereocenters. The summed E-state index contributed by atoms with van der Waals surface area (Å²) in [4.78, 5) is 70.7. The lowest BCUT2D eigenvalue weighted by molar-refractivity contribution is -0.124. The molecule has 3 aliphatic rings. The summed E-state index contributed by atoms with van der Waals surface area (Å²) in [6.45, 7) is -1.21. The van der Waals surface area contributed by atoms with Gasteiger partial charge in [0.25, 0.3) is 11.8 Å². The number of aliphatic hydroxyl groups is 6. The van der Waals surface area contributed by atoms with E-state index < -0.39 is 117 Å². The number of carbonyl (C=O) groups is 3. The third kappa shape index (κ3) is 12.6. The van der Waals surface area contributed by atoms with E-state index in [1.54, 1.807) is 66.9 Å².